The number of hydrogen-bond acceptors (Lipinski definition) is 5. The average Bonchev–Trinajstić information content (AvgIpc) is 3.46. The first-order valence-corrected chi connectivity index (χ1v) is 15.0. The summed E-state index contributed by atoms with van der Waals surface area (Å²) in [6.07, 6.45) is 4.16. The highest BCUT2D eigenvalue weighted by Crippen LogP contribution is 2.52. The largest absolute Gasteiger partial charge is 0.375 e. The molecule has 1 aliphatic heterocycles. The molecule has 8 heteroatoms. The summed E-state index contributed by atoms with van der Waals surface area (Å²) in [4.78, 5) is 11.2. The number of anilines is 1. The summed E-state index contributed by atoms with van der Waals surface area (Å²) in [6.45, 7) is 0.724. The van der Waals surface area contributed by atoms with E-state index in [0.29, 0.717) is 18.6 Å². The average molecular weight is 598 g/mol. The third-order valence-corrected chi connectivity index (χ3v) is 9.46. The lowest BCUT2D eigenvalue weighted by Crippen LogP contribution is -2.34. The molecule has 0 unspecified atom stereocenters. The molecule has 0 saturated carbocycles. The lowest BCUT2D eigenvalue weighted by Gasteiger charge is -2.37. The summed E-state index contributed by atoms with van der Waals surface area (Å²) in [5, 5.41) is 0.137. The zero-order valence-corrected chi connectivity index (χ0v) is 24.1. The number of rotatable bonds is 10. The van der Waals surface area contributed by atoms with Crippen LogP contribution in [0.1, 0.15) is 28.7 Å². The van der Waals surface area contributed by atoms with E-state index in [-0.39, 0.29) is 30.1 Å². The van der Waals surface area contributed by atoms with Gasteiger partial charge < -0.3 is 9.64 Å². The molecule has 4 nitrogen and oxygen atoms in total. The molecular formula is C35H30F3N3OS. The van der Waals surface area contributed by atoms with Crippen LogP contribution in [0.5, 0.6) is 0 Å². The molecule has 6 rings (SSSR count). The fourth-order valence-corrected chi connectivity index (χ4v) is 7.62. The summed E-state index contributed by atoms with van der Waals surface area (Å²) in [5.74, 6) is -2.57. The van der Waals surface area contributed by atoms with Crippen LogP contribution in [0.25, 0.3) is 0 Å². The van der Waals surface area contributed by atoms with Crippen LogP contribution >= 0.6 is 11.8 Å². The van der Waals surface area contributed by atoms with Gasteiger partial charge in [0.2, 0.25) is 5.95 Å². The summed E-state index contributed by atoms with van der Waals surface area (Å²) in [5.41, 5.74) is 3.50. The molecule has 1 aliphatic rings. The third-order valence-electron chi connectivity index (χ3n) is 7.73. The molecular weight excluding hydrogens is 567 g/mol. The van der Waals surface area contributed by atoms with E-state index in [1.165, 1.54) is 16.7 Å². The van der Waals surface area contributed by atoms with Gasteiger partial charge in [0.25, 0.3) is 0 Å². The maximum absolute atomic E-state index is 14.3. The molecule has 5 aromatic rings. The first kappa shape index (κ1) is 29.0. The SMILES string of the molecule is Fc1cc(F)c(COC[C@@H]2C[C@@H](SC(c3ccccc3)(c3ccccc3)c3ccccc3)CN2c2ncccn2)cc1F. The third kappa shape index (κ3) is 6.17. The minimum Gasteiger partial charge on any atom is -0.375 e. The fraction of sp³-hybridized carbons (Fsp3) is 0.200. The molecule has 4 aromatic carbocycles. The van der Waals surface area contributed by atoms with Crippen LogP contribution in [0.4, 0.5) is 19.1 Å². The van der Waals surface area contributed by atoms with Crippen molar-refractivity contribution in [2.24, 2.45) is 0 Å². The normalized spacial score (nSPS) is 16.9. The second kappa shape index (κ2) is 13.0. The minimum atomic E-state index is -1.22. The van der Waals surface area contributed by atoms with Crippen molar-refractivity contribution in [2.45, 2.75) is 29.1 Å². The summed E-state index contributed by atoms with van der Waals surface area (Å²) < 4.78 is 46.9. The van der Waals surface area contributed by atoms with E-state index in [2.05, 4.69) is 87.7 Å². The van der Waals surface area contributed by atoms with Crippen molar-refractivity contribution in [1.82, 2.24) is 9.97 Å². The second-order valence-corrected chi connectivity index (χ2v) is 12.0. The van der Waals surface area contributed by atoms with Gasteiger partial charge in [-0.25, -0.2) is 23.1 Å². The number of halogens is 3. The number of nitrogens with zero attached hydrogens (tertiary/aromatic N) is 3. The molecule has 0 radical (unpaired) electrons. The van der Waals surface area contributed by atoms with E-state index >= 15 is 0 Å². The molecule has 43 heavy (non-hydrogen) atoms. The summed E-state index contributed by atoms with van der Waals surface area (Å²) in [6, 6.07) is 34.7. The Labute approximate surface area is 253 Å². The van der Waals surface area contributed by atoms with Gasteiger partial charge in [-0.05, 0) is 35.2 Å². The highest BCUT2D eigenvalue weighted by Gasteiger charge is 2.43. The van der Waals surface area contributed by atoms with Crippen LogP contribution in [-0.4, -0.2) is 34.4 Å². The summed E-state index contributed by atoms with van der Waals surface area (Å²) >= 11 is 1.89. The quantitative estimate of drug-likeness (QED) is 0.121. The molecule has 1 saturated heterocycles. The number of hydrogen-bond donors (Lipinski definition) is 0. The van der Waals surface area contributed by atoms with Gasteiger partial charge in [0, 0.05) is 35.8 Å². The molecule has 1 fully saturated rings. The van der Waals surface area contributed by atoms with Crippen LogP contribution < -0.4 is 4.90 Å². The molecule has 218 valence electrons. The highest BCUT2D eigenvalue weighted by molar-refractivity contribution is 8.01. The predicted octanol–water partition coefficient (Wildman–Crippen LogP) is 7.78. The molecule has 0 spiro atoms. The Kier molecular flexibility index (Phi) is 8.77. The van der Waals surface area contributed by atoms with Gasteiger partial charge in [0.1, 0.15) is 5.82 Å². The van der Waals surface area contributed by atoms with Crippen LogP contribution in [0.2, 0.25) is 0 Å². The Morgan fingerprint density at radius 2 is 1.26 bits per heavy atom. The van der Waals surface area contributed by atoms with Gasteiger partial charge in [-0.15, -0.1) is 11.8 Å². The molecule has 0 bridgehead atoms. The van der Waals surface area contributed by atoms with E-state index in [0.717, 1.165) is 12.5 Å². The number of thioether (sulfide) groups is 1. The minimum absolute atomic E-state index is 0.0263. The molecule has 2 heterocycles. The van der Waals surface area contributed by atoms with Gasteiger partial charge in [0.15, 0.2) is 11.6 Å². The van der Waals surface area contributed by atoms with Crippen molar-refractivity contribution < 1.29 is 17.9 Å². The van der Waals surface area contributed by atoms with Gasteiger partial charge in [0.05, 0.1) is 24.0 Å². The van der Waals surface area contributed by atoms with Crippen molar-refractivity contribution in [3.8, 4) is 0 Å². The number of ether oxygens (including phenoxy) is 1. The Bertz CT molecular complexity index is 1530. The lowest BCUT2D eigenvalue weighted by atomic mass is 9.84. The van der Waals surface area contributed by atoms with Gasteiger partial charge in [-0.3, -0.25) is 0 Å². The van der Waals surface area contributed by atoms with Crippen molar-refractivity contribution in [3.05, 3.63) is 161 Å². The van der Waals surface area contributed by atoms with E-state index in [4.69, 9.17) is 4.74 Å². The van der Waals surface area contributed by atoms with E-state index in [1.807, 2.05) is 30.0 Å². The predicted molar refractivity (Wildman–Crippen MR) is 164 cm³/mol. The van der Waals surface area contributed by atoms with Crippen molar-refractivity contribution in [2.75, 3.05) is 18.1 Å². The maximum Gasteiger partial charge on any atom is 0.225 e. The van der Waals surface area contributed by atoms with Crippen molar-refractivity contribution in [3.63, 3.8) is 0 Å². The van der Waals surface area contributed by atoms with E-state index in [1.54, 1.807) is 18.5 Å². The lowest BCUT2D eigenvalue weighted by molar-refractivity contribution is 0.106. The van der Waals surface area contributed by atoms with Gasteiger partial charge in [-0.2, -0.15) is 0 Å². The van der Waals surface area contributed by atoms with E-state index in [9.17, 15) is 13.2 Å². The van der Waals surface area contributed by atoms with Crippen molar-refractivity contribution in [1.29, 1.82) is 0 Å². The van der Waals surface area contributed by atoms with Crippen LogP contribution in [-0.2, 0) is 16.1 Å². The smallest absolute Gasteiger partial charge is 0.225 e. The molecule has 1 aromatic heterocycles. The standard InChI is InChI=1S/C35H30F3N3OS/c36-31-21-33(38)32(37)19-25(31)23-42-24-29-20-30(22-41(29)34-39-17-10-18-40-34)43-35(26-11-4-1-5-12-26,27-13-6-2-7-14-27)28-15-8-3-9-16-28/h1-19,21,29-30H,20,22-24H2/t29-,30+/m0/s1. The molecule has 0 amide bonds. The van der Waals surface area contributed by atoms with Crippen LogP contribution in [0, 0.1) is 17.5 Å². The monoisotopic (exact) mass is 597 g/mol. The Hall–Kier alpha value is -4.14. The van der Waals surface area contributed by atoms with Gasteiger partial charge >= 0.3 is 0 Å². The van der Waals surface area contributed by atoms with Crippen LogP contribution in [0.15, 0.2) is 122 Å². The Balaban J connectivity index is 1.32. The van der Waals surface area contributed by atoms with Crippen molar-refractivity contribution >= 4 is 17.7 Å². The summed E-state index contributed by atoms with van der Waals surface area (Å²) in [7, 11) is 0. The van der Waals surface area contributed by atoms with Gasteiger partial charge in [-0.1, -0.05) is 91.0 Å². The number of benzene rings is 4. The Morgan fingerprint density at radius 3 is 1.81 bits per heavy atom. The Morgan fingerprint density at radius 1 is 0.721 bits per heavy atom. The number of aromatic nitrogens is 2. The zero-order chi connectivity index (χ0) is 29.6. The zero-order valence-electron chi connectivity index (χ0n) is 23.3. The fourth-order valence-electron chi connectivity index (χ4n) is 5.75. The second-order valence-electron chi connectivity index (χ2n) is 10.5. The first-order chi connectivity index (χ1) is 21.0. The van der Waals surface area contributed by atoms with Crippen LogP contribution in [0.3, 0.4) is 0 Å². The van der Waals surface area contributed by atoms with E-state index < -0.39 is 22.2 Å². The molecule has 0 aliphatic carbocycles. The molecule has 0 N–H and O–H groups in total. The highest BCUT2D eigenvalue weighted by atomic mass is 32.2. The topological polar surface area (TPSA) is 38.2 Å². The molecule has 2 atom stereocenters. The first-order valence-electron chi connectivity index (χ1n) is 14.1. The maximum atomic E-state index is 14.3.